The normalized spacial score (nSPS) is 10.9. The van der Waals surface area contributed by atoms with Crippen LogP contribution in [0.3, 0.4) is 0 Å². The van der Waals surface area contributed by atoms with Crippen LogP contribution in [0.2, 0.25) is 0 Å². The Morgan fingerprint density at radius 1 is 0.929 bits per heavy atom. The third-order valence-corrected chi connectivity index (χ3v) is 7.80. The van der Waals surface area contributed by atoms with Crippen LogP contribution in [0.25, 0.3) is 32.7 Å². The summed E-state index contributed by atoms with van der Waals surface area (Å²) >= 11 is 1.25. The number of anilines is 1. The van der Waals surface area contributed by atoms with E-state index in [1.54, 1.807) is 50.4 Å². The molecule has 0 aliphatic rings. The highest BCUT2D eigenvalue weighted by Crippen LogP contribution is 2.36. The topological polar surface area (TPSA) is 104 Å². The Morgan fingerprint density at radius 2 is 1.64 bits per heavy atom. The summed E-state index contributed by atoms with van der Waals surface area (Å²) in [5.74, 6) is -0.357. The molecule has 5 rings (SSSR count). The third-order valence-electron chi connectivity index (χ3n) is 6.70. The van der Waals surface area contributed by atoms with Gasteiger partial charge in [0.15, 0.2) is 12.4 Å². The standard InChI is InChI=1S/C33H29NO7S/c1-5-39-33(37)25-17-27(21-9-7-6-8-10-21)42-32(25)34-28(35)18-40-31-29(36)24-15-19(2)20(3)16-26(24)41-30(31)22-11-13-23(38-4)14-12-22/h6-17H,5,18H2,1-4H3,(H,34,35). The molecule has 0 atom stereocenters. The van der Waals surface area contributed by atoms with E-state index in [1.165, 1.54) is 11.3 Å². The van der Waals surface area contributed by atoms with Gasteiger partial charge >= 0.3 is 5.97 Å². The molecule has 1 N–H and O–H groups in total. The summed E-state index contributed by atoms with van der Waals surface area (Å²) in [6.45, 7) is 5.26. The second kappa shape index (κ2) is 12.3. The molecule has 0 radical (unpaired) electrons. The number of carbonyl (C=O) groups is 2. The average Bonchev–Trinajstić information content (AvgIpc) is 3.42. The molecule has 42 heavy (non-hydrogen) atoms. The van der Waals surface area contributed by atoms with E-state index in [9.17, 15) is 14.4 Å². The van der Waals surface area contributed by atoms with Crippen molar-refractivity contribution in [3.8, 4) is 33.3 Å². The van der Waals surface area contributed by atoms with Crippen LogP contribution in [0.5, 0.6) is 11.5 Å². The van der Waals surface area contributed by atoms with Crippen LogP contribution in [0.4, 0.5) is 5.00 Å². The van der Waals surface area contributed by atoms with E-state index in [0.29, 0.717) is 27.3 Å². The van der Waals surface area contributed by atoms with Gasteiger partial charge in [0.2, 0.25) is 11.2 Å². The lowest BCUT2D eigenvalue weighted by molar-refractivity contribution is -0.118. The monoisotopic (exact) mass is 583 g/mol. The molecule has 0 saturated carbocycles. The van der Waals surface area contributed by atoms with Gasteiger partial charge in [0, 0.05) is 10.4 Å². The number of aryl methyl sites for hydroxylation is 2. The molecule has 9 heteroatoms. The van der Waals surface area contributed by atoms with Crippen LogP contribution in [0, 0.1) is 13.8 Å². The Morgan fingerprint density at radius 3 is 2.33 bits per heavy atom. The van der Waals surface area contributed by atoms with Crippen molar-refractivity contribution in [2.45, 2.75) is 20.8 Å². The van der Waals surface area contributed by atoms with Crippen LogP contribution >= 0.6 is 11.3 Å². The fourth-order valence-corrected chi connectivity index (χ4v) is 5.45. The zero-order valence-electron chi connectivity index (χ0n) is 23.6. The van der Waals surface area contributed by atoms with Crippen LogP contribution in [0.15, 0.2) is 82.0 Å². The lowest BCUT2D eigenvalue weighted by Crippen LogP contribution is -2.23. The number of nitrogens with one attached hydrogen (secondary N) is 1. The molecule has 0 bridgehead atoms. The van der Waals surface area contributed by atoms with E-state index < -0.39 is 23.9 Å². The van der Waals surface area contributed by atoms with Crippen LogP contribution in [-0.4, -0.2) is 32.2 Å². The molecular weight excluding hydrogens is 554 g/mol. The number of amides is 1. The number of methoxy groups -OCH3 is 1. The summed E-state index contributed by atoms with van der Waals surface area (Å²) in [4.78, 5) is 40.3. The minimum Gasteiger partial charge on any atom is -0.497 e. The van der Waals surface area contributed by atoms with Crippen molar-refractivity contribution < 1.29 is 28.2 Å². The number of ether oxygens (including phenoxy) is 3. The fourth-order valence-electron chi connectivity index (χ4n) is 4.39. The molecule has 0 spiro atoms. The van der Waals surface area contributed by atoms with Crippen molar-refractivity contribution in [2.75, 3.05) is 25.6 Å². The summed E-state index contributed by atoms with van der Waals surface area (Å²) in [6, 6.07) is 21.8. The average molecular weight is 584 g/mol. The van der Waals surface area contributed by atoms with Gasteiger partial charge in [-0.15, -0.1) is 11.3 Å². The van der Waals surface area contributed by atoms with Crippen LogP contribution in [0.1, 0.15) is 28.4 Å². The van der Waals surface area contributed by atoms with Gasteiger partial charge in [-0.25, -0.2) is 4.79 Å². The van der Waals surface area contributed by atoms with Crippen molar-refractivity contribution in [2.24, 2.45) is 0 Å². The number of hydrogen-bond acceptors (Lipinski definition) is 8. The molecule has 0 aliphatic heterocycles. The highest BCUT2D eigenvalue weighted by atomic mass is 32.1. The molecule has 5 aromatic rings. The largest absolute Gasteiger partial charge is 0.497 e. The second-order valence-electron chi connectivity index (χ2n) is 9.53. The molecule has 0 aliphatic carbocycles. The van der Waals surface area contributed by atoms with Crippen molar-refractivity contribution in [1.29, 1.82) is 0 Å². The number of benzene rings is 3. The van der Waals surface area contributed by atoms with E-state index in [2.05, 4.69) is 5.32 Å². The van der Waals surface area contributed by atoms with Gasteiger partial charge in [-0.1, -0.05) is 30.3 Å². The molecule has 2 heterocycles. The van der Waals surface area contributed by atoms with Crippen molar-refractivity contribution in [1.82, 2.24) is 0 Å². The second-order valence-corrected chi connectivity index (χ2v) is 10.6. The molecule has 8 nitrogen and oxygen atoms in total. The summed E-state index contributed by atoms with van der Waals surface area (Å²) < 4.78 is 22.5. The van der Waals surface area contributed by atoms with Gasteiger partial charge in [-0.05, 0) is 79.9 Å². The number of esters is 1. The van der Waals surface area contributed by atoms with Crippen molar-refractivity contribution >= 4 is 39.2 Å². The number of fused-ring (bicyclic) bond motifs is 1. The van der Waals surface area contributed by atoms with E-state index in [0.717, 1.165) is 21.6 Å². The first-order chi connectivity index (χ1) is 20.3. The summed E-state index contributed by atoms with van der Waals surface area (Å²) in [6.07, 6.45) is 0. The lowest BCUT2D eigenvalue weighted by Gasteiger charge is -2.13. The van der Waals surface area contributed by atoms with Gasteiger partial charge < -0.3 is 23.9 Å². The quantitative estimate of drug-likeness (QED) is 0.186. The first-order valence-electron chi connectivity index (χ1n) is 13.3. The molecule has 1 amide bonds. The number of rotatable bonds is 9. The number of hydrogen-bond donors (Lipinski definition) is 1. The maximum absolute atomic E-state index is 13.7. The van der Waals surface area contributed by atoms with Crippen LogP contribution in [-0.2, 0) is 9.53 Å². The van der Waals surface area contributed by atoms with E-state index in [4.69, 9.17) is 18.6 Å². The zero-order chi connectivity index (χ0) is 29.8. The molecule has 0 unspecified atom stereocenters. The molecule has 0 saturated heterocycles. The highest BCUT2D eigenvalue weighted by Gasteiger charge is 2.22. The predicted octanol–water partition coefficient (Wildman–Crippen LogP) is 7.01. The molecule has 214 valence electrons. The van der Waals surface area contributed by atoms with Gasteiger partial charge in [0.05, 0.1) is 24.7 Å². The van der Waals surface area contributed by atoms with E-state index in [-0.39, 0.29) is 23.7 Å². The Hall–Kier alpha value is -4.89. The fraction of sp³-hybridized carbons (Fsp3) is 0.182. The summed E-state index contributed by atoms with van der Waals surface area (Å²) in [5.41, 5.74) is 3.64. The molecule has 0 fully saturated rings. The first-order valence-corrected chi connectivity index (χ1v) is 14.1. The Kier molecular flexibility index (Phi) is 8.40. The Labute approximate surface area is 246 Å². The lowest BCUT2D eigenvalue weighted by atomic mass is 10.0. The van der Waals surface area contributed by atoms with E-state index >= 15 is 0 Å². The SMILES string of the molecule is CCOC(=O)c1cc(-c2ccccc2)sc1NC(=O)COc1c(-c2ccc(OC)cc2)oc2cc(C)c(C)cc2c1=O. The summed E-state index contributed by atoms with van der Waals surface area (Å²) in [7, 11) is 1.56. The predicted molar refractivity (Wildman–Crippen MR) is 164 cm³/mol. The van der Waals surface area contributed by atoms with Gasteiger partial charge in [-0.2, -0.15) is 0 Å². The molecule has 3 aromatic carbocycles. The number of carbonyl (C=O) groups excluding carboxylic acids is 2. The maximum Gasteiger partial charge on any atom is 0.341 e. The minimum absolute atomic E-state index is 0.0900. The smallest absolute Gasteiger partial charge is 0.341 e. The highest BCUT2D eigenvalue weighted by molar-refractivity contribution is 7.20. The minimum atomic E-state index is -0.553. The van der Waals surface area contributed by atoms with Gasteiger partial charge in [-0.3, -0.25) is 9.59 Å². The van der Waals surface area contributed by atoms with Gasteiger partial charge in [0.1, 0.15) is 16.3 Å². The summed E-state index contributed by atoms with van der Waals surface area (Å²) in [5, 5.41) is 3.44. The Balaban J connectivity index is 1.47. The van der Waals surface area contributed by atoms with Crippen LogP contribution < -0.4 is 20.2 Å². The first kappa shape index (κ1) is 28.6. The van der Waals surface area contributed by atoms with Crippen molar-refractivity contribution in [3.63, 3.8) is 0 Å². The zero-order valence-corrected chi connectivity index (χ0v) is 24.4. The third kappa shape index (κ3) is 5.91. The Bertz CT molecular complexity index is 1820. The van der Waals surface area contributed by atoms with Gasteiger partial charge in [0.25, 0.3) is 5.91 Å². The maximum atomic E-state index is 13.7. The van der Waals surface area contributed by atoms with E-state index in [1.807, 2.05) is 50.2 Å². The molecular formula is C33H29NO7S. The number of thiophene rings is 1. The van der Waals surface area contributed by atoms with Crippen molar-refractivity contribution in [3.05, 3.63) is 99.7 Å². The molecule has 2 aromatic heterocycles.